The van der Waals surface area contributed by atoms with Crippen molar-refractivity contribution in [2.75, 3.05) is 26.2 Å². The largest absolute Gasteiger partial charge is 0.335 e. The summed E-state index contributed by atoms with van der Waals surface area (Å²) in [5, 5.41) is 15.1. The summed E-state index contributed by atoms with van der Waals surface area (Å²) in [6.07, 6.45) is 5.31. The minimum atomic E-state index is -0.449. The van der Waals surface area contributed by atoms with Crippen molar-refractivity contribution in [3.8, 4) is 5.69 Å². The zero-order valence-corrected chi connectivity index (χ0v) is 15.7. The summed E-state index contributed by atoms with van der Waals surface area (Å²) in [7, 11) is 0. The highest BCUT2D eigenvalue weighted by molar-refractivity contribution is 5.92. The van der Waals surface area contributed by atoms with Gasteiger partial charge in [-0.05, 0) is 29.8 Å². The molecule has 0 radical (unpaired) electrons. The predicted molar refractivity (Wildman–Crippen MR) is 106 cm³/mol. The quantitative estimate of drug-likeness (QED) is 0.487. The molecule has 9 heteroatoms. The van der Waals surface area contributed by atoms with Crippen molar-refractivity contribution >= 4 is 11.6 Å². The number of pyridine rings is 1. The lowest BCUT2D eigenvalue weighted by molar-refractivity contribution is -0.384. The molecule has 1 aliphatic heterocycles. The lowest BCUT2D eigenvalue weighted by Gasteiger charge is -2.34. The van der Waals surface area contributed by atoms with Gasteiger partial charge in [-0.15, -0.1) is 0 Å². The maximum Gasteiger partial charge on any atom is 0.274 e. The summed E-state index contributed by atoms with van der Waals surface area (Å²) < 4.78 is 1.55. The Morgan fingerprint density at radius 2 is 1.83 bits per heavy atom. The fourth-order valence-corrected chi connectivity index (χ4v) is 3.33. The van der Waals surface area contributed by atoms with Crippen LogP contribution in [0.4, 0.5) is 5.69 Å². The molecule has 1 fully saturated rings. The number of non-ortho nitro benzene ring substituents is 1. The molecular weight excluding hydrogens is 372 g/mol. The van der Waals surface area contributed by atoms with Gasteiger partial charge in [-0.1, -0.05) is 6.07 Å². The number of aromatic nitrogens is 3. The molecule has 29 heavy (non-hydrogen) atoms. The zero-order valence-electron chi connectivity index (χ0n) is 15.7. The van der Waals surface area contributed by atoms with Crippen LogP contribution in [0.5, 0.6) is 0 Å². The molecule has 0 N–H and O–H groups in total. The fourth-order valence-electron chi connectivity index (χ4n) is 3.33. The van der Waals surface area contributed by atoms with Crippen molar-refractivity contribution in [1.82, 2.24) is 24.6 Å². The Balaban J connectivity index is 1.36. The molecular formula is C20H20N6O3. The lowest BCUT2D eigenvalue weighted by Crippen LogP contribution is -2.48. The fraction of sp³-hybridized carbons (Fsp3) is 0.250. The van der Waals surface area contributed by atoms with Crippen molar-refractivity contribution in [3.63, 3.8) is 0 Å². The van der Waals surface area contributed by atoms with E-state index in [2.05, 4.69) is 21.0 Å². The van der Waals surface area contributed by atoms with Gasteiger partial charge in [-0.3, -0.25) is 24.8 Å². The minimum absolute atomic E-state index is 0.0151. The van der Waals surface area contributed by atoms with E-state index in [9.17, 15) is 14.9 Å². The number of nitro benzene ring substituents is 1. The van der Waals surface area contributed by atoms with Gasteiger partial charge < -0.3 is 4.90 Å². The Bertz CT molecular complexity index is 995. The van der Waals surface area contributed by atoms with Crippen molar-refractivity contribution in [2.45, 2.75) is 6.54 Å². The van der Waals surface area contributed by atoms with Crippen molar-refractivity contribution in [1.29, 1.82) is 0 Å². The molecule has 0 aliphatic carbocycles. The highest BCUT2D eigenvalue weighted by Crippen LogP contribution is 2.16. The molecule has 1 aliphatic rings. The first-order chi connectivity index (χ1) is 14.1. The third-order valence-electron chi connectivity index (χ3n) is 4.92. The molecule has 1 saturated heterocycles. The molecule has 0 unspecified atom stereocenters. The first-order valence-electron chi connectivity index (χ1n) is 9.31. The lowest BCUT2D eigenvalue weighted by atomic mass is 10.2. The average Bonchev–Trinajstić information content (AvgIpc) is 3.25. The maximum atomic E-state index is 12.8. The molecule has 2 aromatic heterocycles. The molecule has 0 bridgehead atoms. The van der Waals surface area contributed by atoms with Crippen LogP contribution in [0.25, 0.3) is 5.69 Å². The molecule has 1 amide bonds. The Morgan fingerprint density at radius 1 is 1.07 bits per heavy atom. The van der Waals surface area contributed by atoms with Gasteiger partial charge in [0.25, 0.3) is 11.6 Å². The minimum Gasteiger partial charge on any atom is -0.335 e. The van der Waals surface area contributed by atoms with Crippen LogP contribution in [0.3, 0.4) is 0 Å². The van der Waals surface area contributed by atoms with Crippen LogP contribution >= 0.6 is 0 Å². The number of piperazine rings is 1. The summed E-state index contributed by atoms with van der Waals surface area (Å²) in [5.41, 5.74) is 2.20. The highest BCUT2D eigenvalue weighted by Gasteiger charge is 2.24. The number of amides is 1. The van der Waals surface area contributed by atoms with E-state index in [-0.39, 0.29) is 11.6 Å². The third kappa shape index (κ3) is 4.30. The second kappa shape index (κ2) is 8.19. The van der Waals surface area contributed by atoms with Gasteiger partial charge in [0, 0.05) is 63.4 Å². The first-order valence-corrected chi connectivity index (χ1v) is 9.31. The molecule has 9 nitrogen and oxygen atoms in total. The number of carbonyl (C=O) groups excluding carboxylic acids is 1. The van der Waals surface area contributed by atoms with Gasteiger partial charge in [0.05, 0.1) is 10.6 Å². The van der Waals surface area contributed by atoms with Gasteiger partial charge in [-0.25, -0.2) is 4.68 Å². The smallest absolute Gasteiger partial charge is 0.274 e. The topological polar surface area (TPSA) is 97.4 Å². The molecule has 3 aromatic rings. The number of nitro groups is 1. The number of benzene rings is 1. The van der Waals surface area contributed by atoms with Crippen molar-refractivity contribution in [3.05, 3.63) is 82.4 Å². The van der Waals surface area contributed by atoms with E-state index in [4.69, 9.17) is 0 Å². The van der Waals surface area contributed by atoms with E-state index in [1.165, 1.54) is 12.1 Å². The van der Waals surface area contributed by atoms with E-state index < -0.39 is 4.92 Å². The van der Waals surface area contributed by atoms with Gasteiger partial charge >= 0.3 is 0 Å². The van der Waals surface area contributed by atoms with Crippen molar-refractivity contribution < 1.29 is 9.72 Å². The molecule has 1 aromatic carbocycles. The van der Waals surface area contributed by atoms with Crippen LogP contribution < -0.4 is 0 Å². The van der Waals surface area contributed by atoms with Crippen LogP contribution in [-0.2, 0) is 6.54 Å². The second-order valence-corrected chi connectivity index (χ2v) is 6.85. The molecule has 3 heterocycles. The summed E-state index contributed by atoms with van der Waals surface area (Å²) in [4.78, 5) is 31.4. The summed E-state index contributed by atoms with van der Waals surface area (Å²) in [6.45, 7) is 3.70. The Hall–Kier alpha value is -3.59. The van der Waals surface area contributed by atoms with Crippen LogP contribution in [-0.4, -0.2) is 61.6 Å². The molecule has 148 valence electrons. The van der Waals surface area contributed by atoms with Gasteiger partial charge in [-0.2, -0.15) is 5.10 Å². The number of carbonyl (C=O) groups is 1. The van der Waals surface area contributed by atoms with Crippen LogP contribution in [0.2, 0.25) is 0 Å². The van der Waals surface area contributed by atoms with Gasteiger partial charge in [0.15, 0.2) is 5.69 Å². The van der Waals surface area contributed by atoms with E-state index in [1.54, 1.807) is 35.3 Å². The second-order valence-electron chi connectivity index (χ2n) is 6.85. The normalized spacial score (nSPS) is 14.7. The average molecular weight is 392 g/mol. The third-order valence-corrected chi connectivity index (χ3v) is 4.92. The Kier molecular flexibility index (Phi) is 5.30. The van der Waals surface area contributed by atoms with Gasteiger partial charge in [0.2, 0.25) is 0 Å². The molecule has 0 atom stereocenters. The first kappa shape index (κ1) is 18.8. The van der Waals surface area contributed by atoms with Crippen LogP contribution in [0, 0.1) is 10.1 Å². The Labute approximate surface area is 167 Å². The summed E-state index contributed by atoms with van der Waals surface area (Å²) in [6, 6.07) is 11.7. The summed E-state index contributed by atoms with van der Waals surface area (Å²) in [5.74, 6) is -0.105. The monoisotopic (exact) mass is 392 g/mol. The Morgan fingerprint density at radius 3 is 2.48 bits per heavy atom. The highest BCUT2D eigenvalue weighted by atomic mass is 16.6. The van der Waals surface area contributed by atoms with E-state index in [1.807, 2.05) is 17.2 Å². The predicted octanol–water partition coefficient (Wildman–Crippen LogP) is 2.13. The van der Waals surface area contributed by atoms with Crippen LogP contribution in [0.15, 0.2) is 61.1 Å². The summed E-state index contributed by atoms with van der Waals surface area (Å²) >= 11 is 0. The van der Waals surface area contributed by atoms with Crippen molar-refractivity contribution in [2.24, 2.45) is 0 Å². The maximum absolute atomic E-state index is 12.8. The van der Waals surface area contributed by atoms with Gasteiger partial charge in [0.1, 0.15) is 0 Å². The van der Waals surface area contributed by atoms with E-state index >= 15 is 0 Å². The SMILES string of the molecule is O=C(c1ccn(-c2ccc([N+](=O)[O-])cc2)n1)N1CCN(Cc2cccnc2)CC1. The number of hydrogen-bond acceptors (Lipinski definition) is 6. The van der Waals surface area contributed by atoms with E-state index in [0.29, 0.717) is 24.5 Å². The number of nitrogens with zero attached hydrogens (tertiary/aromatic N) is 6. The van der Waals surface area contributed by atoms with E-state index in [0.717, 1.165) is 25.2 Å². The van der Waals surface area contributed by atoms with Crippen LogP contribution in [0.1, 0.15) is 16.1 Å². The standard InChI is InChI=1S/C20H20N6O3/c27-20(24-12-10-23(11-13-24)15-16-2-1-8-21-14-16)19-7-9-25(22-19)17-3-5-18(6-4-17)26(28)29/h1-9,14H,10-13,15H2. The number of rotatable bonds is 5. The molecule has 0 saturated carbocycles. The molecule has 0 spiro atoms. The molecule has 4 rings (SSSR count). The number of hydrogen-bond donors (Lipinski definition) is 0. The zero-order chi connectivity index (χ0) is 20.2.